The van der Waals surface area contributed by atoms with Gasteiger partial charge in [-0.1, -0.05) is 0 Å². The van der Waals surface area contributed by atoms with E-state index in [1.807, 2.05) is 6.92 Å². The second-order valence-electron chi connectivity index (χ2n) is 5.37. The predicted molar refractivity (Wildman–Crippen MR) is 63.4 cm³/mol. The van der Waals surface area contributed by atoms with Gasteiger partial charge in [0.1, 0.15) is 0 Å². The van der Waals surface area contributed by atoms with Crippen molar-refractivity contribution in [1.82, 2.24) is 5.32 Å². The third-order valence-electron chi connectivity index (χ3n) is 4.09. The number of nitrogens with one attached hydrogen (secondary N) is 1. The van der Waals surface area contributed by atoms with Crippen molar-refractivity contribution in [3.05, 3.63) is 0 Å². The maximum atomic E-state index is 12.1. The van der Waals surface area contributed by atoms with E-state index in [4.69, 9.17) is 15.2 Å². The number of ether oxygens (including phenoxy) is 2. The van der Waals surface area contributed by atoms with Crippen molar-refractivity contribution in [2.75, 3.05) is 26.4 Å². The first-order valence-corrected chi connectivity index (χ1v) is 6.27. The van der Waals surface area contributed by atoms with E-state index in [1.165, 1.54) is 0 Å². The van der Waals surface area contributed by atoms with Gasteiger partial charge < -0.3 is 20.5 Å². The minimum atomic E-state index is -0.581. The highest BCUT2D eigenvalue weighted by molar-refractivity contribution is 5.83. The van der Waals surface area contributed by atoms with E-state index >= 15 is 0 Å². The monoisotopic (exact) mass is 242 g/mol. The van der Waals surface area contributed by atoms with Crippen molar-refractivity contribution in [3.63, 3.8) is 0 Å². The van der Waals surface area contributed by atoms with Crippen LogP contribution in [0.1, 0.15) is 20.3 Å². The summed E-state index contributed by atoms with van der Waals surface area (Å²) < 4.78 is 10.7. The van der Waals surface area contributed by atoms with Crippen LogP contribution in [0.3, 0.4) is 0 Å². The van der Waals surface area contributed by atoms with Crippen LogP contribution in [0.2, 0.25) is 0 Å². The summed E-state index contributed by atoms with van der Waals surface area (Å²) in [7, 11) is 0. The summed E-state index contributed by atoms with van der Waals surface area (Å²) in [6.45, 7) is 6.26. The number of rotatable bonds is 3. The fourth-order valence-corrected chi connectivity index (χ4v) is 2.39. The third kappa shape index (κ3) is 2.46. The summed E-state index contributed by atoms with van der Waals surface area (Å²) in [6.07, 6.45) is 1.25. The van der Waals surface area contributed by atoms with Gasteiger partial charge in [-0.15, -0.1) is 0 Å². The zero-order valence-corrected chi connectivity index (χ0v) is 10.6. The van der Waals surface area contributed by atoms with Gasteiger partial charge in [-0.3, -0.25) is 4.79 Å². The highest BCUT2D eigenvalue weighted by Crippen LogP contribution is 2.27. The van der Waals surface area contributed by atoms with Crippen molar-refractivity contribution >= 4 is 5.91 Å². The first kappa shape index (κ1) is 12.8. The minimum Gasteiger partial charge on any atom is -0.379 e. The summed E-state index contributed by atoms with van der Waals surface area (Å²) in [5, 5.41) is 2.99. The van der Waals surface area contributed by atoms with Crippen LogP contribution in [0.25, 0.3) is 0 Å². The van der Waals surface area contributed by atoms with Crippen LogP contribution in [-0.4, -0.2) is 44.4 Å². The molecule has 2 aliphatic heterocycles. The van der Waals surface area contributed by atoms with E-state index in [1.54, 1.807) is 0 Å². The van der Waals surface area contributed by atoms with Crippen molar-refractivity contribution in [2.45, 2.75) is 32.4 Å². The van der Waals surface area contributed by atoms with Gasteiger partial charge >= 0.3 is 0 Å². The molecule has 2 heterocycles. The lowest BCUT2D eigenvalue weighted by atomic mass is 9.84. The lowest BCUT2D eigenvalue weighted by Crippen LogP contribution is -2.51. The van der Waals surface area contributed by atoms with Gasteiger partial charge in [0.15, 0.2) is 0 Å². The van der Waals surface area contributed by atoms with Crippen LogP contribution in [0.4, 0.5) is 0 Å². The average molecular weight is 242 g/mol. The first-order chi connectivity index (χ1) is 8.04. The molecule has 4 atom stereocenters. The van der Waals surface area contributed by atoms with Crippen molar-refractivity contribution < 1.29 is 14.3 Å². The highest BCUT2D eigenvalue weighted by Gasteiger charge is 2.44. The molecular formula is C12H22N2O3. The number of hydrogen-bond donors (Lipinski definition) is 2. The topological polar surface area (TPSA) is 73.6 Å². The summed E-state index contributed by atoms with van der Waals surface area (Å²) in [6, 6.07) is -0.209. The van der Waals surface area contributed by atoms with E-state index in [0.717, 1.165) is 13.0 Å². The molecule has 2 saturated heterocycles. The Morgan fingerprint density at radius 2 is 2.35 bits per heavy atom. The molecule has 0 saturated carbocycles. The van der Waals surface area contributed by atoms with E-state index in [0.29, 0.717) is 25.7 Å². The molecule has 17 heavy (non-hydrogen) atoms. The lowest BCUT2D eigenvalue weighted by Gasteiger charge is -2.26. The maximum absolute atomic E-state index is 12.1. The summed E-state index contributed by atoms with van der Waals surface area (Å²) >= 11 is 0. The average Bonchev–Trinajstić information content (AvgIpc) is 2.84. The number of nitrogens with two attached hydrogens (primary N) is 1. The molecule has 0 radical (unpaired) electrons. The van der Waals surface area contributed by atoms with Crippen LogP contribution in [0, 0.1) is 11.3 Å². The Labute approximate surface area is 102 Å². The van der Waals surface area contributed by atoms with Gasteiger partial charge in [-0.05, 0) is 20.3 Å². The van der Waals surface area contributed by atoms with Gasteiger partial charge in [0.2, 0.25) is 5.91 Å². The number of amides is 1. The highest BCUT2D eigenvalue weighted by atomic mass is 16.5. The third-order valence-corrected chi connectivity index (χ3v) is 4.09. The Kier molecular flexibility index (Phi) is 3.70. The Bertz CT molecular complexity index is 297. The Balaban J connectivity index is 1.84. The molecular weight excluding hydrogens is 220 g/mol. The van der Waals surface area contributed by atoms with Crippen LogP contribution >= 0.6 is 0 Å². The van der Waals surface area contributed by atoms with Gasteiger partial charge in [-0.2, -0.15) is 0 Å². The molecule has 0 aromatic rings. The predicted octanol–water partition coefficient (Wildman–Crippen LogP) is -0.109. The fourth-order valence-electron chi connectivity index (χ4n) is 2.39. The normalized spacial score (nSPS) is 41.7. The van der Waals surface area contributed by atoms with Gasteiger partial charge in [-0.25, -0.2) is 0 Å². The van der Waals surface area contributed by atoms with E-state index in [-0.39, 0.29) is 18.1 Å². The molecule has 0 aliphatic carbocycles. The number of carbonyl (C=O) groups is 1. The van der Waals surface area contributed by atoms with E-state index < -0.39 is 5.41 Å². The largest absolute Gasteiger partial charge is 0.379 e. The SMILES string of the molecule is CC1OCCC1CNC(=O)C1(C)COCC1N. The maximum Gasteiger partial charge on any atom is 0.229 e. The Morgan fingerprint density at radius 1 is 1.59 bits per heavy atom. The molecule has 0 bridgehead atoms. The fraction of sp³-hybridized carbons (Fsp3) is 0.917. The van der Waals surface area contributed by atoms with Gasteiger partial charge in [0.25, 0.3) is 0 Å². The lowest BCUT2D eigenvalue weighted by molar-refractivity contribution is -0.130. The zero-order chi connectivity index (χ0) is 12.5. The molecule has 2 rings (SSSR count). The second-order valence-corrected chi connectivity index (χ2v) is 5.37. The van der Waals surface area contributed by atoms with Gasteiger partial charge in [0, 0.05) is 25.1 Å². The molecule has 0 spiro atoms. The molecule has 2 fully saturated rings. The Morgan fingerprint density at radius 3 is 2.88 bits per heavy atom. The molecule has 5 heteroatoms. The smallest absolute Gasteiger partial charge is 0.229 e. The molecule has 98 valence electrons. The van der Waals surface area contributed by atoms with Crippen molar-refractivity contribution in [3.8, 4) is 0 Å². The number of carbonyl (C=O) groups excluding carboxylic acids is 1. The second kappa shape index (κ2) is 4.92. The van der Waals surface area contributed by atoms with Crippen LogP contribution in [-0.2, 0) is 14.3 Å². The quantitative estimate of drug-likeness (QED) is 0.724. The number of hydrogen-bond acceptors (Lipinski definition) is 4. The van der Waals surface area contributed by atoms with E-state index in [2.05, 4.69) is 12.2 Å². The molecule has 0 aromatic carbocycles. The zero-order valence-electron chi connectivity index (χ0n) is 10.6. The van der Waals surface area contributed by atoms with E-state index in [9.17, 15) is 4.79 Å². The molecule has 0 aromatic heterocycles. The van der Waals surface area contributed by atoms with Crippen LogP contribution < -0.4 is 11.1 Å². The Hall–Kier alpha value is -0.650. The van der Waals surface area contributed by atoms with Crippen molar-refractivity contribution in [1.29, 1.82) is 0 Å². The summed E-state index contributed by atoms with van der Waals surface area (Å²) in [5.74, 6) is 0.419. The molecule has 3 N–H and O–H groups in total. The van der Waals surface area contributed by atoms with Crippen molar-refractivity contribution in [2.24, 2.45) is 17.1 Å². The van der Waals surface area contributed by atoms with Crippen LogP contribution in [0.15, 0.2) is 0 Å². The van der Waals surface area contributed by atoms with Crippen LogP contribution in [0.5, 0.6) is 0 Å². The molecule has 2 aliphatic rings. The molecule has 1 amide bonds. The standard InChI is InChI=1S/C12H22N2O3/c1-8-9(3-4-17-8)5-14-11(15)12(2)7-16-6-10(12)13/h8-10H,3-7,13H2,1-2H3,(H,14,15). The molecule has 5 nitrogen and oxygen atoms in total. The first-order valence-electron chi connectivity index (χ1n) is 6.27. The summed E-state index contributed by atoms with van der Waals surface area (Å²) in [4.78, 5) is 12.1. The van der Waals surface area contributed by atoms with Gasteiger partial charge in [0.05, 0.1) is 24.7 Å². The summed E-state index contributed by atoms with van der Waals surface area (Å²) in [5.41, 5.74) is 5.33. The minimum absolute atomic E-state index is 0.00148. The molecule has 4 unspecified atom stereocenters.